The predicted molar refractivity (Wildman–Crippen MR) is 156 cm³/mol. The number of halogens is 5. The van der Waals surface area contributed by atoms with Gasteiger partial charge in [-0.05, 0) is 68.2 Å². The normalized spacial score (nSPS) is 16.2. The Balaban J connectivity index is 1.59. The van der Waals surface area contributed by atoms with Crippen LogP contribution >= 0.6 is 0 Å². The van der Waals surface area contributed by atoms with Crippen LogP contribution in [0.25, 0.3) is 11.3 Å². The minimum absolute atomic E-state index is 0.133. The van der Waals surface area contributed by atoms with Gasteiger partial charge in [0.2, 0.25) is 5.95 Å². The number of unbranched alkanes of at least 4 members (excludes halogenated alkanes) is 10. The lowest BCUT2D eigenvalue weighted by atomic mass is 9.78. The number of ether oxygens (including phenoxy) is 1. The molecule has 0 bridgehead atoms. The first-order valence-electron chi connectivity index (χ1n) is 15.9. The van der Waals surface area contributed by atoms with Crippen molar-refractivity contribution >= 4 is 0 Å². The van der Waals surface area contributed by atoms with E-state index in [2.05, 4.69) is 18.8 Å². The van der Waals surface area contributed by atoms with E-state index in [-0.39, 0.29) is 35.2 Å². The summed E-state index contributed by atoms with van der Waals surface area (Å²) in [7, 11) is 0. The number of hydrogen-bond donors (Lipinski definition) is 0. The van der Waals surface area contributed by atoms with Crippen LogP contribution in [-0.4, -0.2) is 18.2 Å². The molecule has 1 aliphatic rings. The molecule has 1 aliphatic carbocycles. The molecular formula is C34H48F5NO. The van der Waals surface area contributed by atoms with Gasteiger partial charge in [0.25, 0.3) is 5.92 Å². The number of pyridine rings is 1. The average Bonchev–Trinajstić information content (AvgIpc) is 2.94. The molecule has 0 amide bonds. The standard InChI is InChI=1S/C34H48F5NO/c1-3-5-7-8-9-10-13-17-27-20-18-26-24-29(40-33(37)30(26)34(27,38)39)28-21-19-25(31(35)32(28)36)16-12-11-15-23-41-22-14-6-4-2/h19,21,24,27H,3-18,20,22-23H2,1-2H3. The SMILES string of the molecule is CCCCCCCCCC1CCc2cc(-c3ccc(CCCCCOCCCCC)c(F)c3F)nc(F)c2C1(F)F. The van der Waals surface area contributed by atoms with Crippen molar-refractivity contribution in [1.82, 2.24) is 4.98 Å². The molecule has 41 heavy (non-hydrogen) atoms. The van der Waals surface area contributed by atoms with E-state index in [1.165, 1.54) is 31.0 Å². The number of fused-ring (bicyclic) bond motifs is 1. The van der Waals surface area contributed by atoms with Crippen molar-refractivity contribution in [1.29, 1.82) is 0 Å². The molecule has 7 heteroatoms. The first-order chi connectivity index (χ1) is 19.8. The third-order valence-electron chi connectivity index (χ3n) is 8.39. The van der Waals surface area contributed by atoms with E-state index in [1.54, 1.807) is 0 Å². The summed E-state index contributed by atoms with van der Waals surface area (Å²) in [6.07, 6.45) is 14.2. The maximum Gasteiger partial charge on any atom is 0.280 e. The highest BCUT2D eigenvalue weighted by atomic mass is 19.3. The molecule has 0 radical (unpaired) electrons. The summed E-state index contributed by atoms with van der Waals surface area (Å²) in [6.45, 7) is 5.71. The highest BCUT2D eigenvalue weighted by Crippen LogP contribution is 2.48. The minimum atomic E-state index is -3.33. The van der Waals surface area contributed by atoms with Crippen LogP contribution in [0.5, 0.6) is 0 Å². The number of nitrogens with zero attached hydrogens (tertiary/aromatic N) is 1. The zero-order valence-electron chi connectivity index (χ0n) is 25.0. The Bertz CT molecular complexity index is 1070. The maximum atomic E-state index is 15.4. The molecular weight excluding hydrogens is 533 g/mol. The molecule has 0 N–H and O–H groups in total. The molecule has 1 unspecified atom stereocenters. The first-order valence-corrected chi connectivity index (χ1v) is 15.9. The number of rotatable bonds is 19. The van der Waals surface area contributed by atoms with Crippen LogP contribution in [0.15, 0.2) is 18.2 Å². The van der Waals surface area contributed by atoms with Crippen LogP contribution < -0.4 is 0 Å². The van der Waals surface area contributed by atoms with E-state index >= 15 is 17.6 Å². The number of alkyl halides is 2. The third-order valence-corrected chi connectivity index (χ3v) is 8.39. The van der Waals surface area contributed by atoms with Crippen molar-refractivity contribution in [3.05, 3.63) is 52.5 Å². The van der Waals surface area contributed by atoms with Gasteiger partial charge in [-0.2, -0.15) is 4.39 Å². The van der Waals surface area contributed by atoms with E-state index in [0.29, 0.717) is 32.3 Å². The molecule has 2 nitrogen and oxygen atoms in total. The topological polar surface area (TPSA) is 22.1 Å². The highest BCUT2D eigenvalue weighted by Gasteiger charge is 2.47. The molecule has 1 aromatic carbocycles. The fourth-order valence-corrected chi connectivity index (χ4v) is 5.87. The van der Waals surface area contributed by atoms with Crippen LogP contribution in [0, 0.1) is 23.5 Å². The quantitative estimate of drug-likeness (QED) is 0.0935. The van der Waals surface area contributed by atoms with Crippen LogP contribution in [0.3, 0.4) is 0 Å². The van der Waals surface area contributed by atoms with Gasteiger partial charge in [-0.1, -0.05) is 84.1 Å². The van der Waals surface area contributed by atoms with Gasteiger partial charge in [0, 0.05) is 24.7 Å². The summed E-state index contributed by atoms with van der Waals surface area (Å²) in [4.78, 5) is 3.71. The smallest absolute Gasteiger partial charge is 0.280 e. The monoisotopic (exact) mass is 581 g/mol. The fraction of sp³-hybridized carbons (Fsp3) is 0.676. The van der Waals surface area contributed by atoms with Crippen LogP contribution in [0.4, 0.5) is 22.0 Å². The van der Waals surface area contributed by atoms with Gasteiger partial charge < -0.3 is 4.74 Å². The number of hydrogen-bond acceptors (Lipinski definition) is 2. The summed E-state index contributed by atoms with van der Waals surface area (Å²) in [5.41, 5.74) is -0.651. The molecule has 0 aliphatic heterocycles. The van der Waals surface area contributed by atoms with E-state index in [0.717, 1.165) is 64.4 Å². The Morgan fingerprint density at radius 1 is 0.805 bits per heavy atom. The van der Waals surface area contributed by atoms with Crippen LogP contribution in [0.1, 0.15) is 127 Å². The van der Waals surface area contributed by atoms with Crippen molar-refractivity contribution in [2.24, 2.45) is 5.92 Å². The lowest BCUT2D eigenvalue weighted by molar-refractivity contribution is -0.0824. The van der Waals surface area contributed by atoms with Gasteiger partial charge in [-0.25, -0.2) is 22.5 Å². The fourth-order valence-electron chi connectivity index (χ4n) is 5.87. The van der Waals surface area contributed by atoms with E-state index < -0.39 is 35.0 Å². The van der Waals surface area contributed by atoms with Crippen molar-refractivity contribution < 1.29 is 26.7 Å². The van der Waals surface area contributed by atoms with Crippen molar-refractivity contribution in [3.8, 4) is 11.3 Å². The molecule has 1 atom stereocenters. The summed E-state index contributed by atoms with van der Waals surface area (Å²) in [6, 6.07) is 4.18. The minimum Gasteiger partial charge on any atom is -0.381 e. The lowest BCUT2D eigenvalue weighted by Gasteiger charge is -2.33. The van der Waals surface area contributed by atoms with Crippen LogP contribution in [-0.2, 0) is 23.5 Å². The Morgan fingerprint density at radius 3 is 2.17 bits per heavy atom. The van der Waals surface area contributed by atoms with Gasteiger partial charge >= 0.3 is 0 Å². The van der Waals surface area contributed by atoms with Crippen molar-refractivity contribution in [3.63, 3.8) is 0 Å². The van der Waals surface area contributed by atoms with Gasteiger partial charge in [0.15, 0.2) is 11.6 Å². The Labute approximate surface area is 243 Å². The molecule has 2 aromatic rings. The van der Waals surface area contributed by atoms with Gasteiger partial charge in [-0.3, -0.25) is 0 Å². The lowest BCUT2D eigenvalue weighted by Crippen LogP contribution is -2.33. The third kappa shape index (κ3) is 9.49. The Kier molecular flexibility index (Phi) is 14.0. The summed E-state index contributed by atoms with van der Waals surface area (Å²) >= 11 is 0. The molecule has 0 fully saturated rings. The molecule has 230 valence electrons. The first kappa shape index (κ1) is 33.5. The largest absolute Gasteiger partial charge is 0.381 e. The molecule has 0 saturated heterocycles. The number of aryl methyl sites for hydroxylation is 2. The Hall–Kier alpha value is -2.02. The zero-order chi connectivity index (χ0) is 29.7. The van der Waals surface area contributed by atoms with E-state index in [4.69, 9.17) is 4.74 Å². The van der Waals surface area contributed by atoms with Gasteiger partial charge in [-0.15, -0.1) is 0 Å². The Morgan fingerprint density at radius 2 is 1.44 bits per heavy atom. The second kappa shape index (κ2) is 17.2. The van der Waals surface area contributed by atoms with E-state index in [1.807, 2.05) is 0 Å². The van der Waals surface area contributed by atoms with Crippen molar-refractivity contribution in [2.45, 2.75) is 129 Å². The van der Waals surface area contributed by atoms with E-state index in [9.17, 15) is 4.39 Å². The highest BCUT2D eigenvalue weighted by molar-refractivity contribution is 5.62. The summed E-state index contributed by atoms with van der Waals surface area (Å²) in [5.74, 6) is -7.66. The van der Waals surface area contributed by atoms with Gasteiger partial charge in [0.1, 0.15) is 0 Å². The molecule has 1 aromatic heterocycles. The number of aromatic nitrogens is 1. The second-order valence-corrected chi connectivity index (χ2v) is 11.6. The molecule has 1 heterocycles. The molecule has 3 rings (SSSR count). The summed E-state index contributed by atoms with van der Waals surface area (Å²) < 4.78 is 81.4. The van der Waals surface area contributed by atoms with Crippen LogP contribution in [0.2, 0.25) is 0 Å². The maximum absolute atomic E-state index is 15.4. The average molecular weight is 582 g/mol. The van der Waals surface area contributed by atoms with Crippen molar-refractivity contribution in [2.75, 3.05) is 13.2 Å². The van der Waals surface area contributed by atoms with Gasteiger partial charge in [0.05, 0.1) is 11.3 Å². The molecule has 0 spiro atoms. The zero-order valence-corrected chi connectivity index (χ0v) is 25.0. The summed E-state index contributed by atoms with van der Waals surface area (Å²) in [5, 5.41) is 0. The second-order valence-electron chi connectivity index (χ2n) is 11.6. The molecule has 0 saturated carbocycles. The predicted octanol–water partition coefficient (Wildman–Crippen LogP) is 10.9. The number of benzene rings is 1.